The summed E-state index contributed by atoms with van der Waals surface area (Å²) in [6.45, 7) is -0.157. The van der Waals surface area contributed by atoms with Gasteiger partial charge in [0.05, 0.1) is 39.6 Å². The summed E-state index contributed by atoms with van der Waals surface area (Å²) in [6, 6.07) is 21.2. The molecule has 0 aliphatic carbocycles. The summed E-state index contributed by atoms with van der Waals surface area (Å²) in [6.07, 6.45) is 0. The zero-order valence-corrected chi connectivity index (χ0v) is 17.6. The summed E-state index contributed by atoms with van der Waals surface area (Å²) in [4.78, 5) is 50.1. The van der Waals surface area contributed by atoms with E-state index in [9.17, 15) is 14.4 Å². The Bertz CT molecular complexity index is 1650. The first-order valence-corrected chi connectivity index (χ1v) is 10.4. The van der Waals surface area contributed by atoms with E-state index in [4.69, 9.17) is 0 Å². The first-order chi connectivity index (χ1) is 16.0. The predicted molar refractivity (Wildman–Crippen MR) is 122 cm³/mol. The van der Waals surface area contributed by atoms with E-state index in [1.807, 2.05) is 31.3 Å². The molecule has 2 aromatic heterocycles. The minimum absolute atomic E-state index is 0.157. The summed E-state index contributed by atoms with van der Waals surface area (Å²) in [7, 11) is 1.82. The van der Waals surface area contributed by atoms with Crippen molar-refractivity contribution in [2.75, 3.05) is 0 Å². The number of hydrogen-bond acceptors (Lipinski definition) is 5. The van der Waals surface area contributed by atoms with Crippen molar-refractivity contribution in [2.24, 2.45) is 7.05 Å². The molecule has 2 amide bonds. The van der Waals surface area contributed by atoms with Crippen LogP contribution in [0, 0.1) is 0 Å². The van der Waals surface area contributed by atoms with E-state index in [-0.39, 0.29) is 17.9 Å². The molecule has 0 saturated carbocycles. The maximum Gasteiger partial charge on any atom is 0.268 e. The molecule has 0 N–H and O–H groups in total. The van der Waals surface area contributed by atoms with Gasteiger partial charge in [-0.05, 0) is 36.4 Å². The topological polar surface area (TPSA) is 90.1 Å². The zero-order chi connectivity index (χ0) is 22.7. The summed E-state index contributed by atoms with van der Waals surface area (Å²) in [5, 5.41) is 0.427. The molecule has 1 aliphatic rings. The number of imide groups is 1. The van der Waals surface area contributed by atoms with Gasteiger partial charge in [0.25, 0.3) is 17.4 Å². The van der Waals surface area contributed by atoms with Gasteiger partial charge in [0.2, 0.25) is 5.95 Å². The Labute approximate surface area is 187 Å². The van der Waals surface area contributed by atoms with E-state index in [0.29, 0.717) is 28.0 Å². The number of imidazole rings is 1. The summed E-state index contributed by atoms with van der Waals surface area (Å²) < 4.78 is 3.20. The number of carbonyl (C=O) groups excluding carboxylic acids is 2. The Morgan fingerprint density at radius 2 is 1.33 bits per heavy atom. The molecule has 0 radical (unpaired) electrons. The number of aromatic nitrogens is 4. The lowest BCUT2D eigenvalue weighted by Crippen LogP contribution is -2.34. The third-order valence-corrected chi connectivity index (χ3v) is 5.99. The van der Waals surface area contributed by atoms with Crippen LogP contribution in [-0.2, 0) is 13.6 Å². The number of nitrogens with zero attached hydrogens (tertiary/aromatic N) is 5. The third-order valence-electron chi connectivity index (χ3n) is 5.99. The number of para-hydroxylation sites is 3. The number of benzene rings is 3. The average Bonchev–Trinajstić information content (AvgIpc) is 3.29. The number of hydrogen-bond donors (Lipinski definition) is 0. The van der Waals surface area contributed by atoms with Crippen LogP contribution in [0.4, 0.5) is 0 Å². The smallest absolute Gasteiger partial charge is 0.268 e. The van der Waals surface area contributed by atoms with E-state index in [0.717, 1.165) is 15.9 Å². The van der Waals surface area contributed by atoms with Crippen molar-refractivity contribution in [1.82, 2.24) is 24.0 Å². The number of aryl methyl sites for hydroxylation is 1. The SMILES string of the molecule is Cn1c(-n2c(CN3C(=O)c4ccccc4C3=O)nc3ccccc3c2=O)nc2ccccc21. The van der Waals surface area contributed by atoms with Crippen LogP contribution < -0.4 is 5.56 Å². The highest BCUT2D eigenvalue weighted by molar-refractivity contribution is 6.21. The Morgan fingerprint density at radius 3 is 2.03 bits per heavy atom. The van der Waals surface area contributed by atoms with Gasteiger partial charge in [0.15, 0.2) is 0 Å². The van der Waals surface area contributed by atoms with E-state index >= 15 is 0 Å². The number of carbonyl (C=O) groups is 2. The third kappa shape index (κ3) is 2.74. The number of amides is 2. The van der Waals surface area contributed by atoms with Crippen LogP contribution in [0.5, 0.6) is 0 Å². The van der Waals surface area contributed by atoms with E-state index in [2.05, 4.69) is 9.97 Å². The molecular weight excluding hydrogens is 418 g/mol. The first-order valence-electron chi connectivity index (χ1n) is 10.4. The molecule has 160 valence electrons. The standard InChI is InChI=1S/C25H17N5O3/c1-28-20-13-7-6-12-19(20)27-25(28)30-21(26-18-11-5-4-10-17(18)24(30)33)14-29-22(31)15-8-2-3-9-16(15)23(29)32/h2-13H,14H2,1H3. The normalized spacial score (nSPS) is 13.3. The van der Waals surface area contributed by atoms with Crippen LogP contribution in [0.2, 0.25) is 0 Å². The Hall–Kier alpha value is -4.59. The van der Waals surface area contributed by atoms with Crippen LogP contribution in [-0.4, -0.2) is 35.8 Å². The molecule has 3 aromatic carbocycles. The fourth-order valence-corrected chi connectivity index (χ4v) is 4.35. The zero-order valence-electron chi connectivity index (χ0n) is 17.6. The van der Waals surface area contributed by atoms with E-state index in [1.54, 1.807) is 53.1 Å². The summed E-state index contributed by atoms with van der Waals surface area (Å²) >= 11 is 0. The second kappa shape index (κ2) is 6.96. The lowest BCUT2D eigenvalue weighted by Gasteiger charge is -2.18. The molecule has 0 bridgehead atoms. The maximum absolute atomic E-state index is 13.6. The largest absolute Gasteiger partial charge is 0.313 e. The van der Waals surface area contributed by atoms with Gasteiger partial charge < -0.3 is 4.57 Å². The van der Waals surface area contributed by atoms with Crippen molar-refractivity contribution in [3.8, 4) is 5.95 Å². The van der Waals surface area contributed by atoms with Crippen LogP contribution in [0.3, 0.4) is 0 Å². The minimum Gasteiger partial charge on any atom is -0.313 e. The molecule has 0 spiro atoms. The Kier molecular flexibility index (Phi) is 4.03. The van der Waals surface area contributed by atoms with Crippen molar-refractivity contribution in [2.45, 2.75) is 6.54 Å². The quantitative estimate of drug-likeness (QED) is 0.406. The lowest BCUT2D eigenvalue weighted by molar-refractivity contribution is 0.0637. The predicted octanol–water partition coefficient (Wildman–Crippen LogP) is 3.07. The monoisotopic (exact) mass is 435 g/mol. The van der Waals surface area contributed by atoms with Gasteiger partial charge in [-0.3, -0.25) is 19.3 Å². The van der Waals surface area contributed by atoms with E-state index in [1.165, 1.54) is 4.57 Å². The van der Waals surface area contributed by atoms with Crippen molar-refractivity contribution in [3.63, 3.8) is 0 Å². The number of rotatable bonds is 3. The average molecular weight is 435 g/mol. The van der Waals surface area contributed by atoms with Gasteiger partial charge >= 0.3 is 0 Å². The van der Waals surface area contributed by atoms with Crippen molar-refractivity contribution >= 4 is 33.8 Å². The second-order valence-electron chi connectivity index (χ2n) is 7.89. The first kappa shape index (κ1) is 19.1. The molecule has 3 heterocycles. The van der Waals surface area contributed by atoms with Gasteiger partial charge in [-0.25, -0.2) is 14.5 Å². The van der Waals surface area contributed by atoms with E-state index < -0.39 is 11.8 Å². The molecular formula is C25H17N5O3. The molecule has 8 nitrogen and oxygen atoms in total. The molecule has 0 atom stereocenters. The van der Waals surface area contributed by atoms with Crippen LogP contribution >= 0.6 is 0 Å². The van der Waals surface area contributed by atoms with Gasteiger partial charge in [0, 0.05) is 7.05 Å². The number of fused-ring (bicyclic) bond motifs is 3. The molecule has 33 heavy (non-hydrogen) atoms. The molecule has 1 aliphatic heterocycles. The molecule has 6 rings (SSSR count). The minimum atomic E-state index is -0.408. The maximum atomic E-state index is 13.6. The highest BCUT2D eigenvalue weighted by Crippen LogP contribution is 2.25. The van der Waals surface area contributed by atoms with Crippen LogP contribution in [0.15, 0.2) is 77.6 Å². The lowest BCUT2D eigenvalue weighted by atomic mass is 10.1. The second-order valence-corrected chi connectivity index (χ2v) is 7.89. The molecule has 0 fully saturated rings. The summed E-state index contributed by atoms with van der Waals surface area (Å²) in [5.41, 5.74) is 2.44. The molecule has 0 unspecified atom stereocenters. The van der Waals surface area contributed by atoms with Crippen molar-refractivity contribution in [3.05, 3.63) is 100 Å². The fourth-order valence-electron chi connectivity index (χ4n) is 4.35. The Morgan fingerprint density at radius 1 is 0.727 bits per heavy atom. The van der Waals surface area contributed by atoms with Crippen molar-refractivity contribution < 1.29 is 9.59 Å². The van der Waals surface area contributed by atoms with Gasteiger partial charge in [-0.2, -0.15) is 0 Å². The molecule has 8 heteroatoms. The van der Waals surface area contributed by atoms with Crippen LogP contribution in [0.1, 0.15) is 26.5 Å². The van der Waals surface area contributed by atoms with Crippen LogP contribution in [0.25, 0.3) is 27.9 Å². The summed E-state index contributed by atoms with van der Waals surface area (Å²) in [5.74, 6) is -0.193. The molecule has 5 aromatic rings. The van der Waals surface area contributed by atoms with Gasteiger partial charge in [-0.1, -0.05) is 36.4 Å². The van der Waals surface area contributed by atoms with Gasteiger partial charge in [-0.15, -0.1) is 0 Å². The highest BCUT2D eigenvalue weighted by Gasteiger charge is 2.36. The fraction of sp³-hybridized carbons (Fsp3) is 0.0800. The highest BCUT2D eigenvalue weighted by atomic mass is 16.2. The molecule has 0 saturated heterocycles. The van der Waals surface area contributed by atoms with Gasteiger partial charge in [0.1, 0.15) is 5.82 Å². The van der Waals surface area contributed by atoms with Crippen molar-refractivity contribution in [1.29, 1.82) is 0 Å². The Balaban J connectivity index is 1.58.